The van der Waals surface area contributed by atoms with Gasteiger partial charge in [-0.05, 0) is 48.9 Å². The van der Waals surface area contributed by atoms with Crippen molar-refractivity contribution >= 4 is 18.3 Å². The van der Waals surface area contributed by atoms with E-state index in [9.17, 15) is 9.18 Å². The largest absolute Gasteiger partial charge is 0.338 e. The van der Waals surface area contributed by atoms with Crippen molar-refractivity contribution in [3.63, 3.8) is 0 Å². The van der Waals surface area contributed by atoms with Crippen LogP contribution in [0.2, 0.25) is 0 Å². The number of likely N-dealkylation sites (tertiary alicyclic amines) is 1. The number of hydrogen-bond acceptors (Lipinski definition) is 2. The molecular weight excluding hydrogens is 267 g/mol. The van der Waals surface area contributed by atoms with Gasteiger partial charge in [-0.25, -0.2) is 4.39 Å². The van der Waals surface area contributed by atoms with Crippen LogP contribution in [-0.4, -0.2) is 29.9 Å². The second kappa shape index (κ2) is 5.47. The van der Waals surface area contributed by atoms with Crippen molar-refractivity contribution in [1.82, 2.24) is 4.90 Å². The molecule has 1 heterocycles. The van der Waals surface area contributed by atoms with E-state index in [-0.39, 0.29) is 30.2 Å². The number of amides is 1. The Kier molecular flexibility index (Phi) is 4.11. The van der Waals surface area contributed by atoms with E-state index in [2.05, 4.69) is 0 Å². The number of carbonyl (C=O) groups excluding carboxylic acids is 1. The fraction of sp³-hybridized carbons (Fsp3) is 0.500. The third kappa shape index (κ3) is 2.60. The first kappa shape index (κ1) is 14.3. The van der Waals surface area contributed by atoms with Gasteiger partial charge in [-0.3, -0.25) is 4.79 Å². The summed E-state index contributed by atoms with van der Waals surface area (Å²) in [6.45, 7) is 1.55. The summed E-state index contributed by atoms with van der Waals surface area (Å²) in [6, 6.07) is 5.99. The number of halogens is 2. The Morgan fingerprint density at radius 2 is 1.89 bits per heavy atom. The van der Waals surface area contributed by atoms with E-state index in [1.54, 1.807) is 12.1 Å². The van der Waals surface area contributed by atoms with Gasteiger partial charge < -0.3 is 10.6 Å². The van der Waals surface area contributed by atoms with E-state index in [1.807, 2.05) is 4.90 Å². The molecule has 3 atom stereocenters. The van der Waals surface area contributed by atoms with Crippen LogP contribution < -0.4 is 5.73 Å². The van der Waals surface area contributed by atoms with Crippen LogP contribution in [0.5, 0.6) is 0 Å². The number of fused-ring (bicyclic) bond motifs is 1. The zero-order chi connectivity index (χ0) is 12.7. The Bertz CT molecular complexity index is 465. The molecule has 104 valence electrons. The highest BCUT2D eigenvalue weighted by molar-refractivity contribution is 5.94. The summed E-state index contributed by atoms with van der Waals surface area (Å²) >= 11 is 0. The van der Waals surface area contributed by atoms with Gasteiger partial charge in [0.25, 0.3) is 5.91 Å². The molecule has 0 radical (unpaired) electrons. The minimum absolute atomic E-state index is 0. The standard InChI is InChI=1S/C14H17FN2O.ClH/c15-11-4-1-9(2-5-11)14(18)17-7-10-3-6-13(16)12(10)8-17;/h1-2,4-5,10,12-13H,3,6-8,16H2;1H. The average molecular weight is 285 g/mol. The zero-order valence-corrected chi connectivity index (χ0v) is 11.4. The van der Waals surface area contributed by atoms with Crippen LogP contribution in [0.15, 0.2) is 24.3 Å². The molecule has 1 aliphatic carbocycles. The Morgan fingerprint density at radius 3 is 2.53 bits per heavy atom. The predicted molar refractivity (Wildman–Crippen MR) is 73.7 cm³/mol. The molecule has 0 aromatic heterocycles. The molecule has 1 aromatic carbocycles. The minimum Gasteiger partial charge on any atom is -0.338 e. The summed E-state index contributed by atoms with van der Waals surface area (Å²) in [5.41, 5.74) is 6.61. The molecule has 3 rings (SSSR count). The summed E-state index contributed by atoms with van der Waals surface area (Å²) in [4.78, 5) is 14.1. The molecule has 1 aliphatic heterocycles. The van der Waals surface area contributed by atoms with Gasteiger partial charge in [-0.2, -0.15) is 0 Å². The number of carbonyl (C=O) groups is 1. The normalized spacial score (nSPS) is 28.9. The molecule has 0 spiro atoms. The Hall–Kier alpha value is -1.13. The van der Waals surface area contributed by atoms with Gasteiger partial charge in [0.15, 0.2) is 0 Å². The highest BCUT2D eigenvalue weighted by Gasteiger charge is 2.42. The monoisotopic (exact) mass is 284 g/mol. The predicted octanol–water partition coefficient (Wildman–Crippen LogP) is 2.06. The van der Waals surface area contributed by atoms with Crippen molar-refractivity contribution in [3.8, 4) is 0 Å². The van der Waals surface area contributed by atoms with Crippen LogP contribution in [0.3, 0.4) is 0 Å². The SMILES string of the molecule is Cl.NC1CCC2CN(C(=O)c3ccc(F)cc3)CC12. The van der Waals surface area contributed by atoms with Crippen LogP contribution in [-0.2, 0) is 0 Å². The third-order valence-electron chi connectivity index (χ3n) is 4.29. The van der Waals surface area contributed by atoms with Crippen molar-refractivity contribution in [3.05, 3.63) is 35.6 Å². The molecule has 19 heavy (non-hydrogen) atoms. The first-order valence-electron chi connectivity index (χ1n) is 6.45. The maximum Gasteiger partial charge on any atom is 0.253 e. The van der Waals surface area contributed by atoms with E-state index in [4.69, 9.17) is 5.73 Å². The number of hydrogen-bond donors (Lipinski definition) is 1. The quantitative estimate of drug-likeness (QED) is 0.858. The molecule has 2 aliphatic rings. The molecule has 3 unspecified atom stereocenters. The molecule has 2 fully saturated rings. The van der Waals surface area contributed by atoms with Crippen molar-refractivity contribution < 1.29 is 9.18 Å². The first-order chi connectivity index (χ1) is 8.65. The maximum atomic E-state index is 12.8. The molecule has 0 bridgehead atoms. The molecule has 1 saturated heterocycles. The summed E-state index contributed by atoms with van der Waals surface area (Å²) in [6.07, 6.45) is 2.20. The number of nitrogens with two attached hydrogens (primary N) is 1. The van der Waals surface area contributed by atoms with Gasteiger partial charge >= 0.3 is 0 Å². The Labute approximate surface area is 118 Å². The Balaban J connectivity index is 0.00000133. The lowest BCUT2D eigenvalue weighted by Crippen LogP contribution is -2.33. The van der Waals surface area contributed by atoms with Gasteiger partial charge in [0.1, 0.15) is 5.82 Å². The van der Waals surface area contributed by atoms with Crippen LogP contribution in [0.4, 0.5) is 4.39 Å². The second-order valence-electron chi connectivity index (χ2n) is 5.38. The van der Waals surface area contributed by atoms with Gasteiger partial charge in [-0.15, -0.1) is 12.4 Å². The summed E-state index contributed by atoms with van der Waals surface area (Å²) in [7, 11) is 0. The molecule has 1 aromatic rings. The third-order valence-corrected chi connectivity index (χ3v) is 4.29. The van der Waals surface area contributed by atoms with Crippen LogP contribution in [0, 0.1) is 17.7 Å². The number of benzene rings is 1. The van der Waals surface area contributed by atoms with E-state index in [1.165, 1.54) is 12.1 Å². The molecule has 5 heteroatoms. The lowest BCUT2D eigenvalue weighted by molar-refractivity contribution is 0.0779. The fourth-order valence-corrected chi connectivity index (χ4v) is 3.25. The molecule has 2 N–H and O–H groups in total. The zero-order valence-electron chi connectivity index (χ0n) is 10.6. The van der Waals surface area contributed by atoms with Crippen molar-refractivity contribution in [2.75, 3.05) is 13.1 Å². The smallest absolute Gasteiger partial charge is 0.253 e. The second-order valence-corrected chi connectivity index (χ2v) is 5.38. The lowest BCUT2D eigenvalue weighted by atomic mass is 9.98. The highest BCUT2D eigenvalue weighted by atomic mass is 35.5. The maximum absolute atomic E-state index is 12.8. The van der Waals surface area contributed by atoms with Crippen molar-refractivity contribution in [1.29, 1.82) is 0 Å². The lowest BCUT2D eigenvalue weighted by Gasteiger charge is -2.18. The van der Waals surface area contributed by atoms with Gasteiger partial charge in [0.2, 0.25) is 0 Å². The van der Waals surface area contributed by atoms with E-state index in [0.29, 0.717) is 17.4 Å². The van der Waals surface area contributed by atoms with Gasteiger partial charge in [0.05, 0.1) is 0 Å². The average Bonchev–Trinajstić information content (AvgIpc) is 2.92. The Morgan fingerprint density at radius 1 is 1.21 bits per heavy atom. The first-order valence-corrected chi connectivity index (χ1v) is 6.45. The van der Waals surface area contributed by atoms with E-state index in [0.717, 1.165) is 25.9 Å². The highest BCUT2D eigenvalue weighted by Crippen LogP contribution is 2.37. The van der Waals surface area contributed by atoms with Gasteiger partial charge in [0, 0.05) is 24.7 Å². The topological polar surface area (TPSA) is 46.3 Å². The van der Waals surface area contributed by atoms with Gasteiger partial charge in [-0.1, -0.05) is 0 Å². The van der Waals surface area contributed by atoms with Crippen LogP contribution >= 0.6 is 12.4 Å². The minimum atomic E-state index is -0.313. The molecular formula is C14H18ClFN2O. The van der Waals surface area contributed by atoms with E-state index < -0.39 is 0 Å². The number of nitrogens with zero attached hydrogens (tertiary/aromatic N) is 1. The molecule has 3 nitrogen and oxygen atoms in total. The van der Waals surface area contributed by atoms with Crippen LogP contribution in [0.1, 0.15) is 23.2 Å². The summed E-state index contributed by atoms with van der Waals surface area (Å²) < 4.78 is 12.8. The summed E-state index contributed by atoms with van der Waals surface area (Å²) in [5, 5.41) is 0. The molecule has 1 amide bonds. The fourth-order valence-electron chi connectivity index (χ4n) is 3.25. The molecule has 1 saturated carbocycles. The number of rotatable bonds is 1. The van der Waals surface area contributed by atoms with Crippen molar-refractivity contribution in [2.24, 2.45) is 17.6 Å². The van der Waals surface area contributed by atoms with Crippen molar-refractivity contribution in [2.45, 2.75) is 18.9 Å². The van der Waals surface area contributed by atoms with Crippen LogP contribution in [0.25, 0.3) is 0 Å². The summed E-state index contributed by atoms with van der Waals surface area (Å²) in [5.74, 6) is 0.697. The van der Waals surface area contributed by atoms with E-state index >= 15 is 0 Å².